The zero-order valence-electron chi connectivity index (χ0n) is 18.5. The number of rotatable bonds is 5. The maximum Gasteiger partial charge on any atom is 0.254 e. The van der Waals surface area contributed by atoms with Crippen molar-refractivity contribution in [3.8, 4) is 5.75 Å². The van der Waals surface area contributed by atoms with Gasteiger partial charge in [-0.2, -0.15) is 0 Å². The van der Waals surface area contributed by atoms with Crippen molar-refractivity contribution in [3.05, 3.63) is 59.2 Å². The Kier molecular flexibility index (Phi) is 6.95. The van der Waals surface area contributed by atoms with E-state index in [0.29, 0.717) is 48.7 Å². The highest BCUT2D eigenvalue weighted by Gasteiger charge is 2.26. The molecule has 1 aliphatic rings. The minimum absolute atomic E-state index is 0.0596. The summed E-state index contributed by atoms with van der Waals surface area (Å²) < 4.78 is 5.31. The van der Waals surface area contributed by atoms with Crippen molar-refractivity contribution in [3.63, 3.8) is 0 Å². The Morgan fingerprint density at radius 2 is 1.39 bits per heavy atom. The number of carbonyl (C=O) groups excluding carboxylic acids is 3. The third-order valence-corrected chi connectivity index (χ3v) is 5.43. The first-order chi connectivity index (χ1) is 14.8. The van der Waals surface area contributed by atoms with Gasteiger partial charge < -0.3 is 19.9 Å². The van der Waals surface area contributed by atoms with Crippen molar-refractivity contribution in [2.24, 2.45) is 5.92 Å². The van der Waals surface area contributed by atoms with E-state index >= 15 is 0 Å². The molecule has 2 aromatic rings. The Bertz CT molecular complexity index is 961. The van der Waals surface area contributed by atoms with Crippen LogP contribution in [0.1, 0.15) is 40.1 Å². The fraction of sp³-hybridized carbons (Fsp3) is 0.375. The van der Waals surface area contributed by atoms with Crippen molar-refractivity contribution in [1.82, 2.24) is 9.80 Å². The van der Waals surface area contributed by atoms with Gasteiger partial charge in [-0.15, -0.1) is 0 Å². The fourth-order valence-electron chi connectivity index (χ4n) is 3.41. The summed E-state index contributed by atoms with van der Waals surface area (Å²) >= 11 is 0. The highest BCUT2D eigenvalue weighted by molar-refractivity contribution is 5.97. The van der Waals surface area contributed by atoms with Crippen LogP contribution in [0.3, 0.4) is 0 Å². The quantitative estimate of drug-likeness (QED) is 0.801. The van der Waals surface area contributed by atoms with Gasteiger partial charge in [-0.05, 0) is 48.9 Å². The first-order valence-electron chi connectivity index (χ1n) is 10.4. The largest absolute Gasteiger partial charge is 0.496 e. The lowest BCUT2D eigenvalue weighted by Crippen LogP contribution is -2.50. The number of anilines is 1. The van der Waals surface area contributed by atoms with Gasteiger partial charge in [0.1, 0.15) is 5.75 Å². The van der Waals surface area contributed by atoms with Crippen molar-refractivity contribution < 1.29 is 19.1 Å². The highest BCUT2D eigenvalue weighted by Crippen LogP contribution is 2.21. The van der Waals surface area contributed by atoms with Gasteiger partial charge in [0, 0.05) is 48.9 Å². The van der Waals surface area contributed by atoms with Gasteiger partial charge in [0.25, 0.3) is 11.8 Å². The van der Waals surface area contributed by atoms with Crippen LogP contribution in [0.2, 0.25) is 0 Å². The van der Waals surface area contributed by atoms with Gasteiger partial charge in [-0.1, -0.05) is 19.9 Å². The summed E-state index contributed by atoms with van der Waals surface area (Å²) in [5.74, 6) is 0.376. The Labute approximate surface area is 183 Å². The Hall–Kier alpha value is -3.35. The number of amides is 3. The summed E-state index contributed by atoms with van der Waals surface area (Å²) in [5, 5.41) is 2.82. The van der Waals surface area contributed by atoms with Crippen LogP contribution >= 0.6 is 0 Å². The summed E-state index contributed by atoms with van der Waals surface area (Å²) in [5.41, 5.74) is 2.79. The molecule has 2 aromatic carbocycles. The molecule has 31 heavy (non-hydrogen) atoms. The van der Waals surface area contributed by atoms with E-state index in [2.05, 4.69) is 5.32 Å². The predicted octanol–water partition coefficient (Wildman–Crippen LogP) is 3.20. The van der Waals surface area contributed by atoms with Crippen molar-refractivity contribution in [2.75, 3.05) is 38.6 Å². The molecule has 0 atom stereocenters. The first-order valence-corrected chi connectivity index (χ1v) is 10.4. The zero-order chi connectivity index (χ0) is 22.5. The Morgan fingerprint density at radius 1 is 0.871 bits per heavy atom. The number of nitrogens with one attached hydrogen (secondary N) is 1. The molecule has 0 saturated carbocycles. The molecule has 164 valence electrons. The topological polar surface area (TPSA) is 79.0 Å². The molecule has 7 heteroatoms. The Morgan fingerprint density at radius 3 is 1.90 bits per heavy atom. The van der Waals surface area contributed by atoms with E-state index in [9.17, 15) is 14.4 Å². The molecule has 1 aliphatic heterocycles. The van der Waals surface area contributed by atoms with Gasteiger partial charge in [0.2, 0.25) is 5.91 Å². The van der Waals surface area contributed by atoms with Crippen LogP contribution in [0.5, 0.6) is 5.75 Å². The number of piperazine rings is 1. The minimum Gasteiger partial charge on any atom is -0.496 e. The highest BCUT2D eigenvalue weighted by atomic mass is 16.5. The lowest BCUT2D eigenvalue weighted by atomic mass is 10.1. The second kappa shape index (κ2) is 9.64. The molecule has 3 rings (SSSR count). The number of hydrogen-bond donors (Lipinski definition) is 1. The summed E-state index contributed by atoms with van der Waals surface area (Å²) in [7, 11) is 1.59. The average molecular weight is 424 g/mol. The molecule has 0 aliphatic carbocycles. The molecule has 1 heterocycles. The minimum atomic E-state index is -0.110. The number of nitrogens with zero attached hydrogens (tertiary/aromatic N) is 2. The third-order valence-electron chi connectivity index (χ3n) is 5.43. The standard InChI is InChI=1S/C24H29N3O4/c1-16(2)22(28)25-20-9-7-18(8-10-20)23(29)26-11-13-27(14-12-26)24(30)19-6-5-17(3)21(15-19)31-4/h5-10,15-16H,11-14H2,1-4H3,(H,25,28). The number of aryl methyl sites for hydroxylation is 1. The molecule has 0 unspecified atom stereocenters. The lowest BCUT2D eigenvalue weighted by Gasteiger charge is -2.35. The second-order valence-electron chi connectivity index (χ2n) is 7.99. The number of hydrogen-bond acceptors (Lipinski definition) is 4. The summed E-state index contributed by atoms with van der Waals surface area (Å²) in [6.07, 6.45) is 0. The Balaban J connectivity index is 1.58. The van der Waals surface area contributed by atoms with Crippen LogP contribution in [0.4, 0.5) is 5.69 Å². The van der Waals surface area contributed by atoms with E-state index in [4.69, 9.17) is 4.74 Å². The monoisotopic (exact) mass is 423 g/mol. The predicted molar refractivity (Wildman–Crippen MR) is 119 cm³/mol. The van der Waals surface area contributed by atoms with Crippen LogP contribution in [-0.2, 0) is 4.79 Å². The van der Waals surface area contributed by atoms with Crippen molar-refractivity contribution in [1.29, 1.82) is 0 Å². The molecule has 7 nitrogen and oxygen atoms in total. The van der Waals surface area contributed by atoms with Crippen LogP contribution in [0.25, 0.3) is 0 Å². The van der Waals surface area contributed by atoms with Crippen LogP contribution < -0.4 is 10.1 Å². The maximum absolute atomic E-state index is 12.8. The normalized spacial score (nSPS) is 13.8. The maximum atomic E-state index is 12.8. The van der Waals surface area contributed by atoms with E-state index in [0.717, 1.165) is 5.56 Å². The molecule has 0 spiro atoms. The van der Waals surface area contributed by atoms with Crippen LogP contribution in [-0.4, -0.2) is 60.8 Å². The first kappa shape index (κ1) is 22.3. The van der Waals surface area contributed by atoms with E-state index in [1.807, 2.05) is 26.8 Å². The van der Waals surface area contributed by atoms with Gasteiger partial charge in [-0.3, -0.25) is 14.4 Å². The zero-order valence-corrected chi connectivity index (χ0v) is 18.5. The lowest BCUT2D eigenvalue weighted by molar-refractivity contribution is -0.118. The average Bonchev–Trinajstić information content (AvgIpc) is 2.79. The van der Waals surface area contributed by atoms with Crippen molar-refractivity contribution >= 4 is 23.4 Å². The van der Waals surface area contributed by atoms with E-state index in [1.54, 1.807) is 53.3 Å². The van der Waals surface area contributed by atoms with Gasteiger partial charge in [-0.25, -0.2) is 0 Å². The third kappa shape index (κ3) is 5.23. The number of carbonyl (C=O) groups is 3. The summed E-state index contributed by atoms with van der Waals surface area (Å²) in [6.45, 7) is 7.48. The van der Waals surface area contributed by atoms with E-state index < -0.39 is 0 Å². The molecule has 1 saturated heterocycles. The number of benzene rings is 2. The molecular weight excluding hydrogens is 394 g/mol. The number of ether oxygens (including phenoxy) is 1. The van der Waals surface area contributed by atoms with Crippen LogP contribution in [0.15, 0.2) is 42.5 Å². The summed E-state index contributed by atoms with van der Waals surface area (Å²) in [6, 6.07) is 12.3. The van der Waals surface area contributed by atoms with Gasteiger partial charge in [0.05, 0.1) is 7.11 Å². The van der Waals surface area contributed by atoms with Gasteiger partial charge >= 0.3 is 0 Å². The molecule has 1 N–H and O–H groups in total. The van der Waals surface area contributed by atoms with Crippen molar-refractivity contribution in [2.45, 2.75) is 20.8 Å². The number of methoxy groups -OCH3 is 1. The second-order valence-corrected chi connectivity index (χ2v) is 7.99. The SMILES string of the molecule is COc1cc(C(=O)N2CCN(C(=O)c3ccc(NC(=O)C(C)C)cc3)CC2)ccc1C. The van der Waals surface area contributed by atoms with E-state index in [1.165, 1.54) is 0 Å². The van der Waals surface area contributed by atoms with Crippen LogP contribution in [0, 0.1) is 12.8 Å². The smallest absolute Gasteiger partial charge is 0.254 e. The molecule has 3 amide bonds. The molecular formula is C24H29N3O4. The molecule has 1 fully saturated rings. The molecule has 0 aromatic heterocycles. The summed E-state index contributed by atoms with van der Waals surface area (Å²) in [4.78, 5) is 41.0. The van der Waals surface area contributed by atoms with Gasteiger partial charge in [0.15, 0.2) is 0 Å². The molecule has 0 radical (unpaired) electrons. The van der Waals surface area contributed by atoms with E-state index in [-0.39, 0.29) is 23.6 Å². The molecule has 0 bridgehead atoms. The fourth-order valence-corrected chi connectivity index (χ4v) is 3.41.